The minimum Gasteiger partial charge on any atom is -0.322 e. The van der Waals surface area contributed by atoms with Crippen LogP contribution in [0.25, 0.3) is 0 Å². The number of likely N-dealkylation sites (N-methyl/N-ethyl adjacent to an activating group) is 1. The number of thiophene rings is 1. The Kier molecular flexibility index (Phi) is 1.91. The molecule has 2 aliphatic rings. The monoisotopic (exact) mass is 222 g/mol. The number of nitrogens with one attached hydrogen (secondary N) is 1. The molecule has 1 spiro atoms. The second-order valence-corrected chi connectivity index (χ2v) is 5.06. The molecule has 80 valence electrons. The zero-order valence-electron chi connectivity index (χ0n) is 8.69. The molecule has 0 radical (unpaired) electrons. The van der Waals surface area contributed by atoms with Gasteiger partial charge in [0.25, 0.3) is 0 Å². The number of hydrogen-bond donors (Lipinski definition) is 1. The molecule has 0 bridgehead atoms. The third-order valence-corrected chi connectivity index (χ3v) is 4.05. The van der Waals surface area contributed by atoms with E-state index in [4.69, 9.17) is 0 Å². The van der Waals surface area contributed by atoms with Gasteiger partial charge >= 0.3 is 0 Å². The molecule has 1 aliphatic heterocycles. The molecule has 1 aromatic heterocycles. The van der Waals surface area contributed by atoms with Crippen LogP contribution in [0, 0.1) is 0 Å². The number of amides is 1. The van der Waals surface area contributed by atoms with Gasteiger partial charge in [-0.1, -0.05) is 0 Å². The first-order valence-electron chi connectivity index (χ1n) is 5.38. The van der Waals surface area contributed by atoms with Crippen molar-refractivity contribution in [2.24, 2.45) is 0 Å². The quantitative estimate of drug-likeness (QED) is 0.826. The Morgan fingerprint density at radius 1 is 1.67 bits per heavy atom. The van der Waals surface area contributed by atoms with Crippen molar-refractivity contribution in [2.75, 3.05) is 6.54 Å². The Bertz CT molecular complexity index is 383. The zero-order valence-corrected chi connectivity index (χ0v) is 9.51. The summed E-state index contributed by atoms with van der Waals surface area (Å²) in [4.78, 5) is 14.0. The lowest BCUT2D eigenvalue weighted by Crippen LogP contribution is -2.32. The van der Waals surface area contributed by atoms with Gasteiger partial charge in [-0.25, -0.2) is 0 Å². The lowest BCUT2D eigenvalue weighted by atomic mass is 10.2. The average Bonchev–Trinajstić information content (AvgIpc) is 2.74. The van der Waals surface area contributed by atoms with Crippen molar-refractivity contribution in [1.29, 1.82) is 0 Å². The fourth-order valence-electron chi connectivity index (χ4n) is 2.30. The maximum atomic E-state index is 12.1. The van der Waals surface area contributed by atoms with Gasteiger partial charge in [-0.15, -0.1) is 0 Å². The Balaban J connectivity index is 1.93. The SMILES string of the molecule is CCN1C(=O)C2(CC2)NC1c1ccsc1. The van der Waals surface area contributed by atoms with Gasteiger partial charge in [-0.3, -0.25) is 10.1 Å². The molecule has 2 fully saturated rings. The van der Waals surface area contributed by atoms with Gasteiger partial charge < -0.3 is 4.90 Å². The van der Waals surface area contributed by atoms with Crippen molar-refractivity contribution >= 4 is 17.2 Å². The van der Waals surface area contributed by atoms with E-state index >= 15 is 0 Å². The Hall–Kier alpha value is -0.870. The molecule has 3 nitrogen and oxygen atoms in total. The van der Waals surface area contributed by atoms with Crippen LogP contribution < -0.4 is 5.32 Å². The van der Waals surface area contributed by atoms with Crippen LogP contribution in [0.1, 0.15) is 31.5 Å². The summed E-state index contributed by atoms with van der Waals surface area (Å²) in [5, 5.41) is 7.66. The van der Waals surface area contributed by atoms with Crippen LogP contribution in [-0.2, 0) is 4.79 Å². The fraction of sp³-hybridized carbons (Fsp3) is 0.545. The van der Waals surface area contributed by atoms with E-state index in [1.165, 1.54) is 5.56 Å². The van der Waals surface area contributed by atoms with Crippen LogP contribution in [0.4, 0.5) is 0 Å². The van der Waals surface area contributed by atoms with Crippen LogP contribution in [0.2, 0.25) is 0 Å². The first-order valence-corrected chi connectivity index (χ1v) is 6.32. The number of nitrogens with zero attached hydrogens (tertiary/aromatic N) is 1. The van der Waals surface area contributed by atoms with Crippen LogP contribution in [0.15, 0.2) is 16.8 Å². The standard InChI is InChI=1S/C11H14N2OS/c1-2-13-9(8-3-6-15-7-8)12-11(4-5-11)10(13)14/h3,6-7,9,12H,2,4-5H2,1H3. The molecule has 15 heavy (non-hydrogen) atoms. The van der Waals surface area contributed by atoms with Crippen LogP contribution in [0.5, 0.6) is 0 Å². The predicted octanol–water partition coefficient (Wildman–Crippen LogP) is 1.73. The second kappa shape index (κ2) is 3.06. The first-order chi connectivity index (χ1) is 7.27. The van der Waals surface area contributed by atoms with Gasteiger partial charge in [0, 0.05) is 6.54 Å². The van der Waals surface area contributed by atoms with Crippen molar-refractivity contribution < 1.29 is 4.79 Å². The molecule has 4 heteroatoms. The molecule has 3 rings (SSSR count). The lowest BCUT2D eigenvalue weighted by Gasteiger charge is -2.21. The average molecular weight is 222 g/mol. The fourth-order valence-corrected chi connectivity index (χ4v) is 2.98. The minimum absolute atomic E-state index is 0.108. The van der Waals surface area contributed by atoms with Gasteiger partial charge in [-0.05, 0) is 42.2 Å². The molecule has 2 heterocycles. The summed E-state index contributed by atoms with van der Waals surface area (Å²) in [6.45, 7) is 2.83. The van der Waals surface area contributed by atoms with Gasteiger partial charge in [0.05, 0.1) is 0 Å². The third kappa shape index (κ3) is 1.25. The molecule has 1 amide bonds. The topological polar surface area (TPSA) is 32.3 Å². The summed E-state index contributed by atoms with van der Waals surface area (Å²) in [6, 6.07) is 2.10. The Labute approximate surface area is 93.1 Å². The molecule has 0 aromatic carbocycles. The predicted molar refractivity (Wildman–Crippen MR) is 59.5 cm³/mol. The third-order valence-electron chi connectivity index (χ3n) is 3.34. The van der Waals surface area contributed by atoms with E-state index in [9.17, 15) is 4.79 Å². The van der Waals surface area contributed by atoms with Crippen molar-refractivity contribution in [1.82, 2.24) is 10.2 Å². The lowest BCUT2D eigenvalue weighted by molar-refractivity contribution is -0.130. The minimum atomic E-state index is -0.192. The van der Waals surface area contributed by atoms with Gasteiger partial charge in [0.1, 0.15) is 11.7 Å². The Morgan fingerprint density at radius 2 is 2.47 bits per heavy atom. The number of carbonyl (C=O) groups is 1. The second-order valence-electron chi connectivity index (χ2n) is 4.28. The number of carbonyl (C=O) groups excluding carboxylic acids is 1. The molecule has 1 aromatic rings. The van der Waals surface area contributed by atoms with Crippen molar-refractivity contribution in [3.05, 3.63) is 22.4 Å². The maximum absolute atomic E-state index is 12.1. The van der Waals surface area contributed by atoms with E-state index < -0.39 is 0 Å². The van der Waals surface area contributed by atoms with Crippen molar-refractivity contribution in [3.8, 4) is 0 Å². The highest BCUT2D eigenvalue weighted by atomic mass is 32.1. The molecular formula is C11H14N2OS. The normalized spacial score (nSPS) is 27.7. The van der Waals surface area contributed by atoms with Crippen LogP contribution in [-0.4, -0.2) is 22.9 Å². The highest BCUT2D eigenvalue weighted by molar-refractivity contribution is 7.07. The molecule has 1 N–H and O–H groups in total. The molecule has 1 unspecified atom stereocenters. The van der Waals surface area contributed by atoms with E-state index in [1.54, 1.807) is 11.3 Å². The summed E-state index contributed by atoms with van der Waals surface area (Å²) in [5.74, 6) is 0.293. The van der Waals surface area contributed by atoms with Gasteiger partial charge in [0.15, 0.2) is 0 Å². The molecule has 1 saturated carbocycles. The van der Waals surface area contributed by atoms with Crippen molar-refractivity contribution in [3.63, 3.8) is 0 Å². The van der Waals surface area contributed by atoms with E-state index in [2.05, 4.69) is 22.1 Å². The summed E-state index contributed by atoms with van der Waals surface area (Å²) >= 11 is 1.68. The van der Waals surface area contributed by atoms with Crippen LogP contribution in [0.3, 0.4) is 0 Å². The van der Waals surface area contributed by atoms with E-state index in [0.717, 1.165) is 19.4 Å². The summed E-state index contributed by atoms with van der Waals surface area (Å²) in [5.41, 5.74) is 1.03. The maximum Gasteiger partial charge on any atom is 0.244 e. The highest BCUT2D eigenvalue weighted by Gasteiger charge is 2.58. The van der Waals surface area contributed by atoms with Gasteiger partial charge in [-0.2, -0.15) is 11.3 Å². The number of rotatable bonds is 2. The molecule has 1 aliphatic carbocycles. The smallest absolute Gasteiger partial charge is 0.244 e. The van der Waals surface area contributed by atoms with E-state index in [1.807, 2.05) is 11.8 Å². The van der Waals surface area contributed by atoms with E-state index in [-0.39, 0.29) is 11.7 Å². The van der Waals surface area contributed by atoms with Crippen molar-refractivity contribution in [2.45, 2.75) is 31.5 Å². The summed E-state index contributed by atoms with van der Waals surface area (Å²) in [6.07, 6.45) is 2.11. The molecular weight excluding hydrogens is 208 g/mol. The number of hydrogen-bond acceptors (Lipinski definition) is 3. The van der Waals surface area contributed by atoms with Gasteiger partial charge in [0.2, 0.25) is 5.91 Å². The summed E-state index contributed by atoms with van der Waals surface area (Å²) in [7, 11) is 0. The highest BCUT2D eigenvalue weighted by Crippen LogP contribution is 2.45. The first kappa shape index (κ1) is 9.36. The Morgan fingerprint density at radius 3 is 3.00 bits per heavy atom. The zero-order chi connectivity index (χ0) is 10.5. The molecule has 1 saturated heterocycles. The summed E-state index contributed by atoms with van der Waals surface area (Å²) < 4.78 is 0. The van der Waals surface area contributed by atoms with Crippen LogP contribution >= 0.6 is 11.3 Å². The molecule has 1 atom stereocenters. The largest absolute Gasteiger partial charge is 0.322 e. The van der Waals surface area contributed by atoms with E-state index in [0.29, 0.717) is 5.91 Å².